The van der Waals surface area contributed by atoms with Gasteiger partial charge in [0.25, 0.3) is 11.4 Å². The molecule has 3 aromatic rings. The Morgan fingerprint density at radius 3 is 2.50 bits per heavy atom. The smallest absolute Gasteiger partial charge is 0.302 e. The maximum Gasteiger partial charge on any atom is 0.302 e. The fraction of sp³-hybridized carbons (Fsp3) is 0. The fourth-order valence-electron chi connectivity index (χ4n) is 2.33. The Labute approximate surface area is 143 Å². The maximum absolute atomic E-state index is 12.2. The zero-order valence-corrected chi connectivity index (χ0v) is 12.8. The van der Waals surface area contributed by atoms with Gasteiger partial charge in [-0.2, -0.15) is 0 Å². The molecule has 0 bridgehead atoms. The van der Waals surface area contributed by atoms with Gasteiger partial charge >= 0.3 is 5.91 Å². The Morgan fingerprint density at radius 1 is 1.08 bits per heavy atom. The molecule has 2 N–H and O–H groups in total. The van der Waals surface area contributed by atoms with Crippen molar-refractivity contribution in [1.82, 2.24) is 4.98 Å². The predicted octanol–water partition coefficient (Wildman–Crippen LogP) is 3.61. The van der Waals surface area contributed by atoms with Gasteiger partial charge in [0.1, 0.15) is 5.56 Å². The molecule has 0 aliphatic rings. The number of hydrogen-bond acceptors (Lipinski definition) is 7. The highest BCUT2D eigenvalue weighted by Crippen LogP contribution is 2.35. The number of amides is 1. The molecule has 0 atom stereocenters. The third-order valence-corrected chi connectivity index (χ3v) is 3.52. The number of hydrogen-bond donors (Lipinski definition) is 2. The summed E-state index contributed by atoms with van der Waals surface area (Å²) < 4.78 is 0. The zero-order valence-electron chi connectivity index (χ0n) is 12.8. The number of nitro benzene ring substituents is 2. The number of aromatic hydroxyl groups is 1. The number of nitrogens with one attached hydrogen (secondary N) is 1. The van der Waals surface area contributed by atoms with E-state index in [4.69, 9.17) is 0 Å². The molecule has 0 radical (unpaired) electrons. The number of carbonyl (C=O) groups excluding carboxylic acids is 1. The van der Waals surface area contributed by atoms with Crippen LogP contribution in [0, 0.1) is 20.2 Å². The number of nitrogens with zero attached hydrogens (tertiary/aromatic N) is 4. The summed E-state index contributed by atoms with van der Waals surface area (Å²) in [6.45, 7) is 0. The first-order valence-corrected chi connectivity index (χ1v) is 7.07. The zero-order chi connectivity index (χ0) is 18.8. The number of aromatic amines is 1. The molecule has 1 heterocycles. The van der Waals surface area contributed by atoms with Crippen LogP contribution in [0.4, 0.5) is 17.1 Å². The lowest BCUT2D eigenvalue weighted by Gasteiger charge is -1.98. The second-order valence-electron chi connectivity index (χ2n) is 5.09. The van der Waals surface area contributed by atoms with Crippen LogP contribution in [0.3, 0.4) is 0 Å². The fourth-order valence-corrected chi connectivity index (χ4v) is 2.33. The highest BCUT2D eigenvalue weighted by atomic mass is 16.6. The van der Waals surface area contributed by atoms with E-state index in [0.29, 0.717) is 10.9 Å². The molecule has 11 heteroatoms. The summed E-state index contributed by atoms with van der Waals surface area (Å²) in [5.74, 6) is -1.48. The van der Waals surface area contributed by atoms with Crippen LogP contribution >= 0.6 is 0 Å². The van der Waals surface area contributed by atoms with Crippen molar-refractivity contribution in [3.8, 4) is 5.88 Å². The summed E-state index contributed by atoms with van der Waals surface area (Å²) in [5.41, 5.74) is -1.19. The monoisotopic (exact) mass is 355 g/mol. The van der Waals surface area contributed by atoms with Gasteiger partial charge in [0, 0.05) is 23.6 Å². The molecule has 0 saturated heterocycles. The molecule has 0 saturated carbocycles. The lowest BCUT2D eigenvalue weighted by atomic mass is 10.1. The van der Waals surface area contributed by atoms with Gasteiger partial charge in [0.2, 0.25) is 5.88 Å². The maximum atomic E-state index is 12.2. The number of nitro groups is 2. The normalized spacial score (nSPS) is 11.1. The molecular weight excluding hydrogens is 346 g/mol. The minimum Gasteiger partial charge on any atom is -0.493 e. The lowest BCUT2D eigenvalue weighted by Crippen LogP contribution is -2.02. The first kappa shape index (κ1) is 16.7. The molecule has 3 rings (SSSR count). The second-order valence-corrected chi connectivity index (χ2v) is 5.09. The topological polar surface area (TPSA) is 164 Å². The van der Waals surface area contributed by atoms with Crippen molar-refractivity contribution in [2.24, 2.45) is 10.2 Å². The van der Waals surface area contributed by atoms with Gasteiger partial charge in [-0.05, 0) is 6.07 Å². The van der Waals surface area contributed by atoms with E-state index in [9.17, 15) is 30.1 Å². The van der Waals surface area contributed by atoms with Gasteiger partial charge in [-0.15, -0.1) is 10.2 Å². The largest absolute Gasteiger partial charge is 0.493 e. The van der Waals surface area contributed by atoms with Crippen molar-refractivity contribution >= 4 is 33.9 Å². The van der Waals surface area contributed by atoms with Gasteiger partial charge in [0.15, 0.2) is 5.69 Å². The summed E-state index contributed by atoms with van der Waals surface area (Å²) in [6, 6.07) is 9.22. The molecule has 11 nitrogen and oxygen atoms in total. The molecule has 130 valence electrons. The second kappa shape index (κ2) is 6.39. The number of H-pyrrole nitrogens is 1. The summed E-state index contributed by atoms with van der Waals surface area (Å²) in [5, 5.41) is 39.2. The van der Waals surface area contributed by atoms with Crippen molar-refractivity contribution in [3.63, 3.8) is 0 Å². The Hall–Kier alpha value is -4.15. The van der Waals surface area contributed by atoms with Gasteiger partial charge in [-0.25, -0.2) is 0 Å². The molecule has 0 fully saturated rings. The van der Waals surface area contributed by atoms with E-state index in [1.165, 1.54) is 0 Å². The first-order chi connectivity index (χ1) is 12.4. The van der Waals surface area contributed by atoms with E-state index in [0.717, 1.165) is 18.2 Å². The first-order valence-electron chi connectivity index (χ1n) is 7.07. The number of para-hydroxylation sites is 1. The van der Waals surface area contributed by atoms with E-state index >= 15 is 0 Å². The average molecular weight is 355 g/mol. The van der Waals surface area contributed by atoms with Crippen LogP contribution in [-0.2, 0) is 0 Å². The molecule has 1 aromatic heterocycles. The van der Waals surface area contributed by atoms with Crippen molar-refractivity contribution in [1.29, 1.82) is 0 Å². The Bertz CT molecular complexity index is 1090. The number of azo groups is 1. The molecule has 0 aliphatic heterocycles. The van der Waals surface area contributed by atoms with Gasteiger partial charge in [-0.3, -0.25) is 25.0 Å². The van der Waals surface area contributed by atoms with E-state index in [2.05, 4.69) is 15.2 Å². The van der Waals surface area contributed by atoms with Crippen molar-refractivity contribution in [2.75, 3.05) is 0 Å². The van der Waals surface area contributed by atoms with E-state index in [1.807, 2.05) is 0 Å². The van der Waals surface area contributed by atoms with Crippen molar-refractivity contribution in [3.05, 3.63) is 68.3 Å². The average Bonchev–Trinajstić information content (AvgIpc) is 2.94. The number of aromatic nitrogens is 1. The molecular formula is C15H9N5O6. The van der Waals surface area contributed by atoms with Crippen LogP contribution in [-0.4, -0.2) is 25.8 Å². The molecule has 0 aliphatic carbocycles. The Balaban J connectivity index is 2.03. The highest BCUT2D eigenvalue weighted by Gasteiger charge is 2.24. The predicted molar refractivity (Wildman–Crippen MR) is 88.6 cm³/mol. The van der Waals surface area contributed by atoms with Crippen LogP contribution in [0.2, 0.25) is 0 Å². The number of carbonyl (C=O) groups is 1. The van der Waals surface area contributed by atoms with Gasteiger partial charge in [0.05, 0.1) is 15.4 Å². The quantitative estimate of drug-likeness (QED) is 0.412. The van der Waals surface area contributed by atoms with Crippen molar-refractivity contribution in [2.45, 2.75) is 0 Å². The number of non-ortho nitro benzene ring substituents is 1. The van der Waals surface area contributed by atoms with Gasteiger partial charge in [-0.1, -0.05) is 18.2 Å². The summed E-state index contributed by atoms with van der Waals surface area (Å²) in [6.07, 6.45) is 0. The lowest BCUT2D eigenvalue weighted by molar-refractivity contribution is -0.389. The van der Waals surface area contributed by atoms with Crippen LogP contribution in [0.25, 0.3) is 10.9 Å². The molecule has 0 unspecified atom stereocenters. The van der Waals surface area contributed by atoms with Crippen molar-refractivity contribution < 1.29 is 19.7 Å². The van der Waals surface area contributed by atoms with Crippen LogP contribution < -0.4 is 0 Å². The molecule has 1 amide bonds. The van der Waals surface area contributed by atoms with E-state index in [-0.39, 0.29) is 11.6 Å². The Kier molecular flexibility index (Phi) is 4.11. The van der Waals surface area contributed by atoms with Crippen LogP contribution in [0.1, 0.15) is 10.4 Å². The summed E-state index contributed by atoms with van der Waals surface area (Å²) >= 11 is 0. The van der Waals surface area contributed by atoms with Gasteiger partial charge < -0.3 is 10.1 Å². The summed E-state index contributed by atoms with van der Waals surface area (Å²) in [4.78, 5) is 35.1. The molecule has 26 heavy (non-hydrogen) atoms. The minimum atomic E-state index is -1.15. The number of fused-ring (bicyclic) bond motifs is 1. The summed E-state index contributed by atoms with van der Waals surface area (Å²) in [7, 11) is 0. The third kappa shape index (κ3) is 2.96. The van der Waals surface area contributed by atoms with Crippen LogP contribution in [0.5, 0.6) is 5.88 Å². The van der Waals surface area contributed by atoms with Crippen LogP contribution in [0.15, 0.2) is 52.7 Å². The number of rotatable bonds is 4. The van der Waals surface area contributed by atoms with E-state index in [1.54, 1.807) is 24.3 Å². The number of benzene rings is 2. The third-order valence-electron chi connectivity index (χ3n) is 3.52. The van der Waals surface area contributed by atoms with E-state index < -0.39 is 32.7 Å². The molecule has 2 aromatic carbocycles. The highest BCUT2D eigenvalue weighted by molar-refractivity contribution is 6.00. The Morgan fingerprint density at radius 2 is 1.81 bits per heavy atom. The SMILES string of the molecule is O=C(N=Nc1c(O)[nH]c2ccccc12)c1cc([N+](=O)[O-])ccc1[N+](=O)[O-]. The standard InChI is InChI=1S/C15H9N5O6/c21-14(10-7-8(19(23)24)5-6-12(10)20(25)26)18-17-13-9-3-1-2-4-11(9)16-15(13)22/h1-7,16,22H. The minimum absolute atomic E-state index is 0.0259. The molecule has 0 spiro atoms.